The van der Waals surface area contributed by atoms with Gasteiger partial charge in [-0.1, -0.05) is 0 Å². The number of aliphatic carboxylic acids is 1. The number of urea groups is 1. The molecule has 1 fully saturated rings. The lowest BCUT2D eigenvalue weighted by Gasteiger charge is -2.35. The van der Waals surface area contributed by atoms with Gasteiger partial charge in [0.05, 0.1) is 0 Å². The molecule has 0 saturated carbocycles. The van der Waals surface area contributed by atoms with Crippen molar-refractivity contribution in [1.82, 2.24) is 15.1 Å². The third-order valence-electron chi connectivity index (χ3n) is 3.76. The molecular weight excluding hydrogens is 276 g/mol. The van der Waals surface area contributed by atoms with Crippen LogP contribution in [0.25, 0.3) is 0 Å². The Morgan fingerprint density at radius 3 is 2.33 bits per heavy atom. The van der Waals surface area contributed by atoms with Crippen molar-refractivity contribution in [2.75, 3.05) is 27.2 Å². The summed E-state index contributed by atoms with van der Waals surface area (Å²) in [5.74, 6) is -1.74. The van der Waals surface area contributed by atoms with Crippen LogP contribution in [-0.4, -0.2) is 72.1 Å². The van der Waals surface area contributed by atoms with Crippen LogP contribution in [0.1, 0.15) is 25.7 Å². The van der Waals surface area contributed by atoms with E-state index in [1.54, 1.807) is 4.90 Å². The Hall–Kier alpha value is -1.83. The summed E-state index contributed by atoms with van der Waals surface area (Å²) >= 11 is 0. The maximum Gasteiger partial charge on any atom is 0.326 e. The standard InChI is InChI=1S/C13H24N4O4/c1-16(2)9-5-7-17(8-6-9)13(21)15-10(12(19)20)3-4-11(14)18/h9-10H,3-8H2,1-2H3,(H2,14,18)(H,15,21)(H,19,20)/t10-/m0/s1. The van der Waals surface area contributed by atoms with Gasteiger partial charge in [-0.3, -0.25) is 4.79 Å². The molecule has 0 aromatic heterocycles. The third kappa shape index (κ3) is 5.58. The van der Waals surface area contributed by atoms with E-state index in [0.29, 0.717) is 19.1 Å². The van der Waals surface area contributed by atoms with Crippen LogP contribution in [0, 0.1) is 0 Å². The lowest BCUT2D eigenvalue weighted by molar-refractivity contribution is -0.139. The number of piperidine rings is 1. The van der Waals surface area contributed by atoms with Crippen LogP contribution in [0.4, 0.5) is 4.79 Å². The van der Waals surface area contributed by atoms with Crippen molar-refractivity contribution in [3.63, 3.8) is 0 Å². The van der Waals surface area contributed by atoms with Gasteiger partial charge in [-0.2, -0.15) is 0 Å². The number of carbonyl (C=O) groups excluding carboxylic acids is 2. The van der Waals surface area contributed by atoms with Gasteiger partial charge in [-0.15, -0.1) is 0 Å². The molecule has 0 unspecified atom stereocenters. The smallest absolute Gasteiger partial charge is 0.326 e. The molecule has 8 heteroatoms. The molecule has 8 nitrogen and oxygen atoms in total. The number of nitrogens with two attached hydrogens (primary N) is 1. The lowest BCUT2D eigenvalue weighted by Crippen LogP contribution is -2.52. The summed E-state index contributed by atoms with van der Waals surface area (Å²) < 4.78 is 0. The Morgan fingerprint density at radius 1 is 1.33 bits per heavy atom. The van der Waals surface area contributed by atoms with Gasteiger partial charge >= 0.3 is 12.0 Å². The Morgan fingerprint density at radius 2 is 1.90 bits per heavy atom. The molecule has 120 valence electrons. The quantitative estimate of drug-likeness (QED) is 0.608. The van der Waals surface area contributed by atoms with Gasteiger partial charge in [-0.25, -0.2) is 9.59 Å². The first kappa shape index (κ1) is 17.2. The fourth-order valence-electron chi connectivity index (χ4n) is 2.37. The van der Waals surface area contributed by atoms with Crippen LogP contribution >= 0.6 is 0 Å². The zero-order valence-electron chi connectivity index (χ0n) is 12.5. The van der Waals surface area contributed by atoms with Crippen molar-refractivity contribution in [3.8, 4) is 0 Å². The zero-order chi connectivity index (χ0) is 16.0. The molecule has 0 spiro atoms. The SMILES string of the molecule is CN(C)C1CCN(C(=O)N[C@@H](CCC(N)=O)C(=O)O)CC1. The lowest BCUT2D eigenvalue weighted by atomic mass is 10.0. The summed E-state index contributed by atoms with van der Waals surface area (Å²) in [4.78, 5) is 37.6. The number of amides is 3. The molecule has 0 radical (unpaired) electrons. The van der Waals surface area contributed by atoms with Crippen molar-refractivity contribution in [1.29, 1.82) is 0 Å². The first-order chi connectivity index (χ1) is 9.81. The number of hydrogen-bond donors (Lipinski definition) is 3. The Bertz CT molecular complexity index is 392. The van der Waals surface area contributed by atoms with Crippen LogP contribution in [0.15, 0.2) is 0 Å². The molecule has 0 aliphatic carbocycles. The molecular formula is C13H24N4O4. The molecule has 3 amide bonds. The van der Waals surface area contributed by atoms with E-state index < -0.39 is 23.9 Å². The highest BCUT2D eigenvalue weighted by atomic mass is 16.4. The van der Waals surface area contributed by atoms with Gasteiger partial charge in [0.2, 0.25) is 5.91 Å². The summed E-state index contributed by atoms with van der Waals surface area (Å²) in [5, 5.41) is 11.5. The van der Waals surface area contributed by atoms with E-state index in [9.17, 15) is 14.4 Å². The fourth-order valence-corrected chi connectivity index (χ4v) is 2.37. The number of rotatable bonds is 6. The zero-order valence-corrected chi connectivity index (χ0v) is 12.5. The number of nitrogens with zero attached hydrogens (tertiary/aromatic N) is 2. The van der Waals surface area contributed by atoms with E-state index >= 15 is 0 Å². The molecule has 1 heterocycles. The minimum absolute atomic E-state index is 0.00453. The molecule has 4 N–H and O–H groups in total. The molecule has 0 aromatic carbocycles. The van der Waals surface area contributed by atoms with Gasteiger partial charge in [0.25, 0.3) is 0 Å². The van der Waals surface area contributed by atoms with Crippen molar-refractivity contribution in [3.05, 3.63) is 0 Å². The first-order valence-electron chi connectivity index (χ1n) is 7.04. The van der Waals surface area contributed by atoms with Crippen LogP contribution in [0.3, 0.4) is 0 Å². The molecule has 0 aromatic rings. The Labute approximate surface area is 124 Å². The van der Waals surface area contributed by atoms with E-state index in [1.807, 2.05) is 14.1 Å². The predicted octanol–water partition coefficient (Wildman–Crippen LogP) is -0.559. The van der Waals surface area contributed by atoms with Gasteiger partial charge in [0.15, 0.2) is 0 Å². The summed E-state index contributed by atoms with van der Waals surface area (Å²) in [5.41, 5.74) is 5.00. The van der Waals surface area contributed by atoms with Gasteiger partial charge in [0, 0.05) is 25.6 Å². The van der Waals surface area contributed by atoms with Crippen LogP contribution < -0.4 is 11.1 Å². The molecule has 1 saturated heterocycles. The minimum atomic E-state index is -1.16. The fraction of sp³-hybridized carbons (Fsp3) is 0.769. The highest BCUT2D eigenvalue weighted by molar-refractivity contribution is 5.83. The number of carbonyl (C=O) groups is 3. The molecule has 1 rings (SSSR count). The average Bonchev–Trinajstić information content (AvgIpc) is 2.42. The second kappa shape index (κ2) is 7.82. The largest absolute Gasteiger partial charge is 0.480 e. The maximum atomic E-state index is 12.1. The monoisotopic (exact) mass is 300 g/mol. The maximum absolute atomic E-state index is 12.1. The number of primary amides is 1. The number of nitrogens with one attached hydrogen (secondary N) is 1. The molecule has 1 atom stereocenters. The summed E-state index contributed by atoms with van der Waals surface area (Å²) in [7, 11) is 4.01. The highest BCUT2D eigenvalue weighted by Gasteiger charge is 2.27. The van der Waals surface area contributed by atoms with Crippen LogP contribution in [-0.2, 0) is 9.59 Å². The summed E-state index contributed by atoms with van der Waals surface area (Å²) in [6.07, 6.45) is 1.66. The van der Waals surface area contributed by atoms with Crippen LogP contribution in [0.5, 0.6) is 0 Å². The molecule has 1 aliphatic heterocycles. The topological polar surface area (TPSA) is 116 Å². The highest BCUT2D eigenvalue weighted by Crippen LogP contribution is 2.14. The van der Waals surface area contributed by atoms with E-state index in [0.717, 1.165) is 12.8 Å². The number of hydrogen-bond acceptors (Lipinski definition) is 4. The Balaban J connectivity index is 2.47. The first-order valence-corrected chi connectivity index (χ1v) is 7.04. The van der Waals surface area contributed by atoms with E-state index in [2.05, 4.69) is 10.2 Å². The van der Waals surface area contributed by atoms with Gasteiger partial charge in [0.1, 0.15) is 6.04 Å². The van der Waals surface area contributed by atoms with E-state index in [1.165, 1.54) is 0 Å². The Kier molecular flexibility index (Phi) is 6.41. The second-order valence-corrected chi connectivity index (χ2v) is 5.53. The number of likely N-dealkylation sites (tertiary alicyclic amines) is 1. The number of carboxylic acids is 1. The molecule has 1 aliphatic rings. The normalized spacial score (nSPS) is 17.6. The predicted molar refractivity (Wildman–Crippen MR) is 76.7 cm³/mol. The van der Waals surface area contributed by atoms with Gasteiger partial charge < -0.3 is 26.0 Å². The van der Waals surface area contributed by atoms with E-state index in [4.69, 9.17) is 10.8 Å². The van der Waals surface area contributed by atoms with Crippen LogP contribution in [0.2, 0.25) is 0 Å². The molecule has 21 heavy (non-hydrogen) atoms. The summed E-state index contributed by atoms with van der Waals surface area (Å²) in [6.45, 7) is 1.19. The van der Waals surface area contributed by atoms with Crippen molar-refractivity contribution < 1.29 is 19.5 Å². The average molecular weight is 300 g/mol. The molecule has 0 bridgehead atoms. The number of carboxylic acid groups (broad SMARTS) is 1. The van der Waals surface area contributed by atoms with Gasteiger partial charge in [-0.05, 0) is 33.4 Å². The second-order valence-electron chi connectivity index (χ2n) is 5.53. The minimum Gasteiger partial charge on any atom is -0.480 e. The van der Waals surface area contributed by atoms with Crippen molar-refractivity contribution in [2.45, 2.75) is 37.8 Å². The summed E-state index contributed by atoms with van der Waals surface area (Å²) in [6, 6.07) is -1.04. The van der Waals surface area contributed by atoms with Crippen molar-refractivity contribution in [2.24, 2.45) is 5.73 Å². The third-order valence-corrected chi connectivity index (χ3v) is 3.76. The van der Waals surface area contributed by atoms with E-state index in [-0.39, 0.29) is 12.8 Å². The van der Waals surface area contributed by atoms with Crippen molar-refractivity contribution >= 4 is 17.9 Å².